The molecule has 0 radical (unpaired) electrons. The lowest BCUT2D eigenvalue weighted by Gasteiger charge is -2.19. The maximum atomic E-state index is 13.4. The zero-order valence-electron chi connectivity index (χ0n) is 12.4. The summed E-state index contributed by atoms with van der Waals surface area (Å²) in [5, 5.41) is 3.33. The Labute approximate surface area is 122 Å². The third kappa shape index (κ3) is 4.56. The van der Waals surface area contributed by atoms with Gasteiger partial charge in [-0.15, -0.1) is 0 Å². The highest BCUT2D eigenvalue weighted by molar-refractivity contribution is 5.25. The number of hydrogen-bond acceptors (Lipinski definition) is 3. The highest BCUT2D eigenvalue weighted by atomic mass is 19.2. The van der Waals surface area contributed by atoms with E-state index in [-0.39, 0.29) is 17.9 Å². The van der Waals surface area contributed by atoms with Gasteiger partial charge in [0.15, 0.2) is 11.6 Å². The molecule has 0 spiro atoms. The number of nitrogens with one attached hydrogen (secondary N) is 1. The molecule has 1 aromatic heterocycles. The van der Waals surface area contributed by atoms with Crippen molar-refractivity contribution in [2.45, 2.75) is 39.5 Å². The van der Waals surface area contributed by atoms with Gasteiger partial charge in [-0.25, -0.2) is 4.39 Å². The molecule has 21 heavy (non-hydrogen) atoms. The second kappa shape index (κ2) is 6.26. The Morgan fingerprint density at radius 1 is 1.24 bits per heavy atom. The summed E-state index contributed by atoms with van der Waals surface area (Å²) in [5.41, 5.74) is 0.988. The highest BCUT2D eigenvalue weighted by Crippen LogP contribution is 2.21. The minimum Gasteiger partial charge on any atom is -0.482 e. The molecule has 0 fully saturated rings. The van der Waals surface area contributed by atoms with Crippen molar-refractivity contribution in [2.24, 2.45) is 0 Å². The second-order valence-corrected chi connectivity index (χ2v) is 5.87. The SMILES string of the molecule is CC(C)(C)NCc1coc(COc2cccc(F)c2F)c1. The molecule has 0 saturated heterocycles. The Balaban J connectivity index is 1.92. The van der Waals surface area contributed by atoms with Crippen LogP contribution in [0.1, 0.15) is 32.1 Å². The van der Waals surface area contributed by atoms with E-state index < -0.39 is 11.6 Å². The van der Waals surface area contributed by atoms with Gasteiger partial charge in [-0.1, -0.05) is 6.07 Å². The van der Waals surface area contributed by atoms with Gasteiger partial charge in [0, 0.05) is 17.6 Å². The van der Waals surface area contributed by atoms with E-state index in [4.69, 9.17) is 9.15 Å². The maximum absolute atomic E-state index is 13.4. The van der Waals surface area contributed by atoms with E-state index in [0.717, 1.165) is 11.6 Å². The van der Waals surface area contributed by atoms with E-state index in [2.05, 4.69) is 26.1 Å². The second-order valence-electron chi connectivity index (χ2n) is 5.87. The highest BCUT2D eigenvalue weighted by Gasteiger charge is 2.12. The molecule has 114 valence electrons. The summed E-state index contributed by atoms with van der Waals surface area (Å²) in [6.45, 7) is 6.94. The first-order chi connectivity index (χ1) is 9.85. The van der Waals surface area contributed by atoms with Gasteiger partial charge in [-0.05, 0) is 39.0 Å². The third-order valence-electron chi connectivity index (χ3n) is 2.82. The fourth-order valence-electron chi connectivity index (χ4n) is 1.71. The Morgan fingerprint density at radius 3 is 2.71 bits per heavy atom. The number of hydrogen-bond donors (Lipinski definition) is 1. The molecule has 0 aliphatic heterocycles. The van der Waals surface area contributed by atoms with Crippen LogP contribution >= 0.6 is 0 Å². The molecule has 0 amide bonds. The molecule has 1 N–H and O–H groups in total. The lowest BCUT2D eigenvalue weighted by Crippen LogP contribution is -2.34. The maximum Gasteiger partial charge on any atom is 0.200 e. The standard InChI is InChI=1S/C16H19F2NO2/c1-16(2,3)19-8-11-7-12(20-9-11)10-21-14-6-4-5-13(17)15(14)18/h4-7,9,19H,8,10H2,1-3H3. The first kappa shape index (κ1) is 15.5. The summed E-state index contributed by atoms with van der Waals surface area (Å²) in [6, 6.07) is 5.65. The zero-order chi connectivity index (χ0) is 15.5. The number of ether oxygens (including phenoxy) is 1. The largest absolute Gasteiger partial charge is 0.482 e. The van der Waals surface area contributed by atoms with E-state index in [1.165, 1.54) is 12.1 Å². The van der Waals surface area contributed by atoms with E-state index >= 15 is 0 Å². The molecule has 0 aliphatic rings. The van der Waals surface area contributed by atoms with Crippen molar-refractivity contribution in [3.05, 3.63) is 53.5 Å². The van der Waals surface area contributed by atoms with Gasteiger partial charge in [0.1, 0.15) is 12.4 Å². The van der Waals surface area contributed by atoms with Crippen molar-refractivity contribution in [1.82, 2.24) is 5.32 Å². The molecule has 0 aliphatic carbocycles. The van der Waals surface area contributed by atoms with E-state index in [1.807, 2.05) is 6.07 Å². The van der Waals surface area contributed by atoms with Crippen LogP contribution in [0.15, 0.2) is 34.9 Å². The normalized spacial score (nSPS) is 11.7. The molecule has 0 saturated carbocycles. The van der Waals surface area contributed by atoms with Crippen LogP contribution in [-0.2, 0) is 13.2 Å². The summed E-state index contributed by atoms with van der Waals surface area (Å²) in [6.07, 6.45) is 1.62. The van der Waals surface area contributed by atoms with Gasteiger partial charge in [0.05, 0.1) is 6.26 Å². The smallest absolute Gasteiger partial charge is 0.200 e. The first-order valence-corrected chi connectivity index (χ1v) is 6.73. The van der Waals surface area contributed by atoms with Crippen molar-refractivity contribution in [1.29, 1.82) is 0 Å². The monoisotopic (exact) mass is 295 g/mol. The van der Waals surface area contributed by atoms with Crippen LogP contribution in [0.2, 0.25) is 0 Å². The quantitative estimate of drug-likeness (QED) is 0.904. The van der Waals surface area contributed by atoms with Gasteiger partial charge in [0.25, 0.3) is 0 Å². The van der Waals surface area contributed by atoms with Gasteiger partial charge < -0.3 is 14.5 Å². The van der Waals surface area contributed by atoms with Crippen LogP contribution < -0.4 is 10.1 Å². The fraction of sp³-hybridized carbons (Fsp3) is 0.375. The summed E-state index contributed by atoms with van der Waals surface area (Å²) in [7, 11) is 0. The topological polar surface area (TPSA) is 34.4 Å². The lowest BCUT2D eigenvalue weighted by molar-refractivity contribution is 0.255. The molecule has 3 nitrogen and oxygen atoms in total. The Hall–Kier alpha value is -1.88. The van der Waals surface area contributed by atoms with Gasteiger partial charge in [0.2, 0.25) is 5.82 Å². The van der Waals surface area contributed by atoms with Gasteiger partial charge in [-0.3, -0.25) is 0 Å². The average molecular weight is 295 g/mol. The molecule has 1 heterocycles. The summed E-state index contributed by atoms with van der Waals surface area (Å²) >= 11 is 0. The van der Waals surface area contributed by atoms with Crippen molar-refractivity contribution in [2.75, 3.05) is 0 Å². The van der Waals surface area contributed by atoms with Crippen LogP contribution in [-0.4, -0.2) is 5.54 Å². The Kier molecular flexibility index (Phi) is 4.63. The van der Waals surface area contributed by atoms with Crippen LogP contribution in [0.3, 0.4) is 0 Å². The molecule has 5 heteroatoms. The average Bonchev–Trinajstić information content (AvgIpc) is 2.85. The molecule has 0 unspecified atom stereocenters. The summed E-state index contributed by atoms with van der Waals surface area (Å²) in [5.74, 6) is -1.48. The number of rotatable bonds is 5. The number of benzene rings is 1. The first-order valence-electron chi connectivity index (χ1n) is 6.73. The molecule has 0 bridgehead atoms. The third-order valence-corrected chi connectivity index (χ3v) is 2.82. The number of halogens is 2. The summed E-state index contributed by atoms with van der Waals surface area (Å²) in [4.78, 5) is 0. The van der Waals surface area contributed by atoms with Crippen molar-refractivity contribution in [3.8, 4) is 5.75 Å². The van der Waals surface area contributed by atoms with Crippen molar-refractivity contribution >= 4 is 0 Å². The molecule has 2 aromatic rings. The van der Waals surface area contributed by atoms with Gasteiger partial charge >= 0.3 is 0 Å². The van der Waals surface area contributed by atoms with E-state index in [1.54, 1.807) is 6.26 Å². The predicted octanol–water partition coefficient (Wildman–Crippen LogP) is 4.02. The molecular weight excluding hydrogens is 276 g/mol. The Bertz CT molecular complexity index is 603. The minimum absolute atomic E-state index is 0.0125. The van der Waals surface area contributed by atoms with E-state index in [0.29, 0.717) is 12.3 Å². The lowest BCUT2D eigenvalue weighted by atomic mass is 10.1. The molecule has 2 rings (SSSR count). The minimum atomic E-state index is -0.987. The van der Waals surface area contributed by atoms with Crippen molar-refractivity contribution < 1.29 is 17.9 Å². The summed E-state index contributed by atoms with van der Waals surface area (Å²) < 4.78 is 37.0. The van der Waals surface area contributed by atoms with Crippen LogP contribution in [0.4, 0.5) is 8.78 Å². The number of furan rings is 1. The van der Waals surface area contributed by atoms with Gasteiger partial charge in [-0.2, -0.15) is 4.39 Å². The Morgan fingerprint density at radius 2 is 2.00 bits per heavy atom. The van der Waals surface area contributed by atoms with E-state index in [9.17, 15) is 8.78 Å². The molecule has 0 atom stereocenters. The van der Waals surface area contributed by atoms with Crippen LogP contribution in [0.5, 0.6) is 5.75 Å². The molecule has 1 aromatic carbocycles. The fourth-order valence-corrected chi connectivity index (χ4v) is 1.71. The van der Waals surface area contributed by atoms with Crippen LogP contribution in [0, 0.1) is 11.6 Å². The van der Waals surface area contributed by atoms with Crippen LogP contribution in [0.25, 0.3) is 0 Å². The zero-order valence-corrected chi connectivity index (χ0v) is 12.4. The van der Waals surface area contributed by atoms with Crippen molar-refractivity contribution in [3.63, 3.8) is 0 Å². The predicted molar refractivity (Wildman–Crippen MR) is 76.0 cm³/mol. The molecular formula is C16H19F2NO2.